The summed E-state index contributed by atoms with van der Waals surface area (Å²) in [5.74, 6) is -0.0470. The Labute approximate surface area is 99.3 Å². The molecule has 1 unspecified atom stereocenters. The molecule has 0 saturated heterocycles. The zero-order valence-electron chi connectivity index (χ0n) is 9.47. The highest BCUT2D eigenvalue weighted by atomic mass is 32.3. The predicted octanol–water partition coefficient (Wildman–Crippen LogP) is 1.81. The number of halogens is 1. The Balaban J connectivity index is 2.58. The molecule has 0 bridgehead atoms. The average molecular weight is 257 g/mol. The molecular weight excluding hydrogens is 245 g/mol. The number of rotatable bonds is 1. The van der Waals surface area contributed by atoms with Crippen molar-refractivity contribution >= 4 is 21.8 Å². The number of carbonyl (C=O) groups is 1. The molecular formula is C11H12FNO3S. The summed E-state index contributed by atoms with van der Waals surface area (Å²) < 4.78 is 34.5. The van der Waals surface area contributed by atoms with E-state index >= 15 is 0 Å². The first-order valence-electron chi connectivity index (χ1n) is 5.17. The molecule has 0 fully saturated rings. The van der Waals surface area contributed by atoms with Gasteiger partial charge in [-0.15, -0.1) is 3.89 Å². The van der Waals surface area contributed by atoms with E-state index in [1.807, 2.05) is 6.92 Å². The molecule has 1 heterocycles. The molecule has 17 heavy (non-hydrogen) atoms. The molecule has 0 aliphatic carbocycles. The molecule has 1 atom stereocenters. The minimum absolute atomic E-state index is 0.130. The molecule has 0 N–H and O–H groups in total. The van der Waals surface area contributed by atoms with Gasteiger partial charge in [0.1, 0.15) is 4.90 Å². The Morgan fingerprint density at radius 3 is 2.65 bits per heavy atom. The lowest BCUT2D eigenvalue weighted by Gasteiger charge is -2.14. The fraction of sp³-hybridized carbons (Fsp3) is 0.364. The number of hydrogen-bond acceptors (Lipinski definition) is 3. The van der Waals surface area contributed by atoms with Crippen LogP contribution in [0, 0.1) is 0 Å². The topological polar surface area (TPSA) is 54.5 Å². The van der Waals surface area contributed by atoms with E-state index in [4.69, 9.17) is 0 Å². The van der Waals surface area contributed by atoms with E-state index in [1.54, 1.807) is 6.07 Å². The van der Waals surface area contributed by atoms with E-state index in [0.717, 1.165) is 5.56 Å². The SMILES string of the molecule is CC(=O)N1CC(C)c2ccc(S(=O)(=O)F)cc21. The van der Waals surface area contributed by atoms with Gasteiger partial charge >= 0.3 is 10.2 Å². The Hall–Kier alpha value is -1.43. The number of amides is 1. The van der Waals surface area contributed by atoms with Gasteiger partial charge in [-0.25, -0.2) is 0 Å². The maximum Gasteiger partial charge on any atom is 0.332 e. The van der Waals surface area contributed by atoms with E-state index in [9.17, 15) is 17.1 Å². The molecule has 1 aliphatic rings. The van der Waals surface area contributed by atoms with Gasteiger partial charge in [-0.3, -0.25) is 4.79 Å². The van der Waals surface area contributed by atoms with Gasteiger partial charge in [-0.05, 0) is 17.7 Å². The van der Waals surface area contributed by atoms with Gasteiger partial charge in [0.2, 0.25) is 5.91 Å². The summed E-state index contributed by atoms with van der Waals surface area (Å²) >= 11 is 0. The van der Waals surface area contributed by atoms with Crippen molar-refractivity contribution in [3.8, 4) is 0 Å². The standard InChI is InChI=1S/C11H12FNO3S/c1-7-6-13(8(2)14)11-5-9(17(12,15)16)3-4-10(7)11/h3-5,7H,6H2,1-2H3. The fourth-order valence-electron chi connectivity index (χ4n) is 2.09. The van der Waals surface area contributed by atoms with Crippen molar-refractivity contribution in [2.45, 2.75) is 24.7 Å². The van der Waals surface area contributed by atoms with Gasteiger partial charge in [0.15, 0.2) is 0 Å². The maximum atomic E-state index is 12.9. The second-order valence-corrected chi connectivity index (χ2v) is 5.54. The molecule has 1 amide bonds. The van der Waals surface area contributed by atoms with Crippen LogP contribution in [-0.4, -0.2) is 20.9 Å². The quantitative estimate of drug-likeness (QED) is 0.721. The number of carbonyl (C=O) groups excluding carboxylic acids is 1. The first-order valence-corrected chi connectivity index (χ1v) is 6.56. The van der Waals surface area contributed by atoms with E-state index in [2.05, 4.69) is 0 Å². The second kappa shape index (κ2) is 3.80. The largest absolute Gasteiger partial charge is 0.332 e. The van der Waals surface area contributed by atoms with Gasteiger partial charge in [-0.1, -0.05) is 13.0 Å². The molecule has 1 aromatic rings. The normalized spacial score (nSPS) is 19.2. The van der Waals surface area contributed by atoms with Crippen molar-refractivity contribution < 1.29 is 17.1 Å². The first kappa shape index (κ1) is 12.0. The number of hydrogen-bond donors (Lipinski definition) is 0. The van der Waals surface area contributed by atoms with Crippen molar-refractivity contribution in [2.24, 2.45) is 0 Å². The van der Waals surface area contributed by atoms with Crippen LogP contribution in [0.3, 0.4) is 0 Å². The minimum Gasteiger partial charge on any atom is -0.312 e. The molecule has 1 aliphatic heterocycles. The molecule has 6 heteroatoms. The molecule has 1 aromatic carbocycles. The van der Waals surface area contributed by atoms with Gasteiger partial charge in [0.25, 0.3) is 0 Å². The van der Waals surface area contributed by atoms with Gasteiger partial charge in [-0.2, -0.15) is 8.42 Å². The van der Waals surface area contributed by atoms with Crippen molar-refractivity contribution in [3.63, 3.8) is 0 Å². The summed E-state index contributed by atoms with van der Waals surface area (Å²) in [6.45, 7) is 3.84. The second-order valence-electron chi connectivity index (χ2n) is 4.19. The Morgan fingerprint density at radius 2 is 2.12 bits per heavy atom. The van der Waals surface area contributed by atoms with Gasteiger partial charge < -0.3 is 4.90 Å². The first-order chi connectivity index (χ1) is 7.80. The molecule has 0 radical (unpaired) electrons. The molecule has 0 spiro atoms. The van der Waals surface area contributed by atoms with Crippen molar-refractivity contribution in [2.75, 3.05) is 11.4 Å². The third-order valence-electron chi connectivity index (χ3n) is 2.94. The van der Waals surface area contributed by atoms with Crippen LogP contribution in [-0.2, 0) is 15.0 Å². The number of anilines is 1. The van der Waals surface area contributed by atoms with Crippen LogP contribution in [0.5, 0.6) is 0 Å². The maximum absolute atomic E-state index is 12.9. The summed E-state index contributed by atoms with van der Waals surface area (Å²) in [7, 11) is -4.73. The smallest absolute Gasteiger partial charge is 0.312 e. The third kappa shape index (κ3) is 2.04. The highest BCUT2D eigenvalue weighted by Gasteiger charge is 2.29. The minimum atomic E-state index is -4.73. The Kier molecular flexibility index (Phi) is 2.69. The van der Waals surface area contributed by atoms with Crippen LogP contribution < -0.4 is 4.90 Å². The molecule has 0 aromatic heterocycles. The monoisotopic (exact) mass is 257 g/mol. The van der Waals surface area contributed by atoms with Crippen LogP contribution in [0.1, 0.15) is 25.3 Å². The van der Waals surface area contributed by atoms with Gasteiger partial charge in [0, 0.05) is 25.1 Å². The van der Waals surface area contributed by atoms with Crippen LogP contribution in [0.25, 0.3) is 0 Å². The summed E-state index contributed by atoms with van der Waals surface area (Å²) in [6, 6.07) is 4.01. The molecule has 2 rings (SSSR count). The molecule has 4 nitrogen and oxygen atoms in total. The van der Waals surface area contributed by atoms with E-state index in [0.29, 0.717) is 12.2 Å². The molecule has 0 saturated carbocycles. The fourth-order valence-corrected chi connectivity index (χ4v) is 2.58. The van der Waals surface area contributed by atoms with E-state index < -0.39 is 15.1 Å². The van der Waals surface area contributed by atoms with Crippen LogP contribution >= 0.6 is 0 Å². The zero-order chi connectivity index (χ0) is 12.8. The predicted molar refractivity (Wildman–Crippen MR) is 61.2 cm³/mol. The summed E-state index contributed by atoms with van der Waals surface area (Å²) in [4.78, 5) is 12.5. The van der Waals surface area contributed by atoms with Crippen molar-refractivity contribution in [1.29, 1.82) is 0 Å². The van der Waals surface area contributed by atoms with Crippen molar-refractivity contribution in [3.05, 3.63) is 23.8 Å². The highest BCUT2D eigenvalue weighted by molar-refractivity contribution is 7.86. The summed E-state index contributed by atoms with van der Waals surface area (Å²) in [5, 5.41) is 0. The summed E-state index contributed by atoms with van der Waals surface area (Å²) in [6.07, 6.45) is 0. The summed E-state index contributed by atoms with van der Waals surface area (Å²) in [5.41, 5.74) is 1.36. The van der Waals surface area contributed by atoms with Gasteiger partial charge in [0.05, 0.1) is 0 Å². The average Bonchev–Trinajstić information content (AvgIpc) is 2.54. The zero-order valence-corrected chi connectivity index (χ0v) is 10.3. The highest BCUT2D eigenvalue weighted by Crippen LogP contribution is 2.37. The number of nitrogens with zero attached hydrogens (tertiary/aromatic N) is 1. The van der Waals surface area contributed by atoms with E-state index in [-0.39, 0.29) is 11.8 Å². The third-order valence-corrected chi connectivity index (χ3v) is 3.76. The van der Waals surface area contributed by atoms with Crippen LogP contribution in [0.4, 0.5) is 9.57 Å². The lowest BCUT2D eigenvalue weighted by atomic mass is 10.0. The molecule has 92 valence electrons. The van der Waals surface area contributed by atoms with Crippen LogP contribution in [0.15, 0.2) is 23.1 Å². The van der Waals surface area contributed by atoms with E-state index in [1.165, 1.54) is 24.0 Å². The number of benzene rings is 1. The van der Waals surface area contributed by atoms with Crippen LogP contribution in [0.2, 0.25) is 0 Å². The Bertz CT molecular complexity index is 582. The van der Waals surface area contributed by atoms with Crippen molar-refractivity contribution in [1.82, 2.24) is 0 Å². The Morgan fingerprint density at radius 1 is 1.47 bits per heavy atom. The number of fused-ring (bicyclic) bond motifs is 1. The lowest BCUT2D eigenvalue weighted by molar-refractivity contribution is -0.116. The lowest BCUT2D eigenvalue weighted by Crippen LogP contribution is -2.26.